The normalized spacial score (nSPS) is 10.3. The Kier molecular flexibility index (Phi) is 3.98. The van der Waals surface area contributed by atoms with Crippen molar-refractivity contribution in [3.05, 3.63) is 52.6 Å². The number of aromatic nitrogens is 2. The first kappa shape index (κ1) is 14.0. The predicted octanol–water partition coefficient (Wildman–Crippen LogP) is 2.68. The minimum atomic E-state index is -1.02. The first-order valence-corrected chi connectivity index (χ1v) is 6.23. The van der Waals surface area contributed by atoms with E-state index in [0.717, 1.165) is 11.3 Å². The van der Waals surface area contributed by atoms with Gasteiger partial charge < -0.3 is 9.84 Å². The molecular formula is C15H16N2O3. The number of benzene rings is 1. The predicted molar refractivity (Wildman–Crippen MR) is 74.0 cm³/mol. The fourth-order valence-corrected chi connectivity index (χ4v) is 1.75. The monoisotopic (exact) mass is 272 g/mol. The van der Waals surface area contributed by atoms with Gasteiger partial charge >= 0.3 is 5.97 Å². The van der Waals surface area contributed by atoms with Gasteiger partial charge in [0.1, 0.15) is 12.4 Å². The number of aromatic carboxylic acids is 1. The van der Waals surface area contributed by atoms with E-state index in [0.29, 0.717) is 11.5 Å². The summed E-state index contributed by atoms with van der Waals surface area (Å²) in [6.45, 7) is 5.91. The van der Waals surface area contributed by atoms with Crippen LogP contribution in [0.4, 0.5) is 0 Å². The molecule has 20 heavy (non-hydrogen) atoms. The van der Waals surface area contributed by atoms with E-state index < -0.39 is 5.97 Å². The Morgan fingerprint density at radius 3 is 2.60 bits per heavy atom. The minimum absolute atomic E-state index is 0.111. The van der Waals surface area contributed by atoms with Crippen molar-refractivity contribution < 1.29 is 14.6 Å². The Morgan fingerprint density at radius 2 is 2.00 bits per heavy atom. The molecule has 0 bridgehead atoms. The van der Waals surface area contributed by atoms with Gasteiger partial charge in [-0.05, 0) is 44.0 Å². The summed E-state index contributed by atoms with van der Waals surface area (Å²) >= 11 is 0. The minimum Gasteiger partial charge on any atom is -0.486 e. The van der Waals surface area contributed by atoms with E-state index in [2.05, 4.69) is 9.97 Å². The number of carboxylic acids is 1. The van der Waals surface area contributed by atoms with Gasteiger partial charge in [0.15, 0.2) is 5.82 Å². The maximum absolute atomic E-state index is 10.9. The van der Waals surface area contributed by atoms with Crippen LogP contribution >= 0.6 is 0 Å². The highest BCUT2D eigenvalue weighted by atomic mass is 16.5. The topological polar surface area (TPSA) is 72.3 Å². The Bertz CT molecular complexity index is 654. The molecule has 1 aromatic heterocycles. The van der Waals surface area contributed by atoms with Gasteiger partial charge in [0, 0.05) is 6.20 Å². The zero-order valence-corrected chi connectivity index (χ0v) is 11.7. The fourth-order valence-electron chi connectivity index (χ4n) is 1.75. The van der Waals surface area contributed by atoms with Crippen LogP contribution in [0.1, 0.15) is 33.0 Å². The molecule has 0 amide bonds. The lowest BCUT2D eigenvalue weighted by atomic mass is 10.1. The number of hydrogen-bond donors (Lipinski definition) is 1. The van der Waals surface area contributed by atoms with Crippen LogP contribution < -0.4 is 4.74 Å². The zero-order chi connectivity index (χ0) is 14.7. The molecular weight excluding hydrogens is 256 g/mol. The lowest BCUT2D eigenvalue weighted by molar-refractivity contribution is 0.0695. The average molecular weight is 272 g/mol. The molecule has 1 N–H and O–H groups in total. The number of aryl methyl sites for hydroxylation is 3. The molecule has 2 aromatic rings. The van der Waals surface area contributed by atoms with Crippen LogP contribution in [-0.4, -0.2) is 21.0 Å². The van der Waals surface area contributed by atoms with E-state index in [1.807, 2.05) is 32.0 Å². The number of nitrogens with zero attached hydrogens (tertiary/aromatic N) is 2. The standard InChI is InChI=1S/C15H16N2O3/c1-9-4-5-12(6-10(9)2)20-8-14-16-7-13(15(18)19)11(3)17-14/h4-7H,8H2,1-3H3,(H,18,19). The average Bonchev–Trinajstić information content (AvgIpc) is 2.40. The van der Waals surface area contributed by atoms with E-state index in [1.165, 1.54) is 11.8 Å². The molecule has 0 saturated carbocycles. The first-order valence-electron chi connectivity index (χ1n) is 6.23. The van der Waals surface area contributed by atoms with Gasteiger partial charge in [0.25, 0.3) is 0 Å². The third kappa shape index (κ3) is 3.12. The smallest absolute Gasteiger partial charge is 0.339 e. The lowest BCUT2D eigenvalue weighted by Crippen LogP contribution is -2.08. The molecule has 0 radical (unpaired) electrons. The maximum Gasteiger partial charge on any atom is 0.339 e. The van der Waals surface area contributed by atoms with Crippen molar-refractivity contribution in [3.8, 4) is 5.75 Å². The molecule has 5 nitrogen and oxygen atoms in total. The molecule has 0 unspecified atom stereocenters. The fraction of sp³-hybridized carbons (Fsp3) is 0.267. The van der Waals surface area contributed by atoms with E-state index in [9.17, 15) is 4.79 Å². The van der Waals surface area contributed by atoms with Crippen LogP contribution in [-0.2, 0) is 6.61 Å². The lowest BCUT2D eigenvalue weighted by Gasteiger charge is -2.08. The molecule has 0 spiro atoms. The van der Waals surface area contributed by atoms with Crippen LogP contribution in [0.25, 0.3) is 0 Å². The van der Waals surface area contributed by atoms with Crippen molar-refractivity contribution in [2.24, 2.45) is 0 Å². The van der Waals surface area contributed by atoms with Crippen LogP contribution in [0.3, 0.4) is 0 Å². The van der Waals surface area contributed by atoms with Gasteiger partial charge in [-0.1, -0.05) is 6.07 Å². The summed E-state index contributed by atoms with van der Waals surface area (Å²) < 4.78 is 5.61. The number of ether oxygens (including phenoxy) is 1. The van der Waals surface area contributed by atoms with Crippen LogP contribution in [0.5, 0.6) is 5.75 Å². The van der Waals surface area contributed by atoms with Crippen molar-refractivity contribution in [3.63, 3.8) is 0 Å². The van der Waals surface area contributed by atoms with E-state index >= 15 is 0 Å². The van der Waals surface area contributed by atoms with Gasteiger partial charge in [-0.3, -0.25) is 0 Å². The third-order valence-electron chi connectivity index (χ3n) is 3.11. The van der Waals surface area contributed by atoms with E-state index in [-0.39, 0.29) is 12.2 Å². The Balaban J connectivity index is 2.09. The summed E-state index contributed by atoms with van der Waals surface area (Å²) in [6.07, 6.45) is 1.31. The Hall–Kier alpha value is -2.43. The number of hydrogen-bond acceptors (Lipinski definition) is 4. The summed E-state index contributed by atoms with van der Waals surface area (Å²) in [4.78, 5) is 19.0. The van der Waals surface area contributed by atoms with Crippen molar-refractivity contribution in [1.29, 1.82) is 0 Å². The SMILES string of the molecule is Cc1ccc(OCc2ncc(C(=O)O)c(C)n2)cc1C. The summed E-state index contributed by atoms with van der Waals surface area (Å²) in [5.41, 5.74) is 2.90. The molecule has 0 aliphatic carbocycles. The Labute approximate surface area is 117 Å². The summed E-state index contributed by atoms with van der Waals surface area (Å²) in [5.74, 6) is 0.187. The summed E-state index contributed by atoms with van der Waals surface area (Å²) in [6, 6.07) is 5.83. The van der Waals surface area contributed by atoms with Gasteiger partial charge in [-0.15, -0.1) is 0 Å². The van der Waals surface area contributed by atoms with Gasteiger partial charge in [0.2, 0.25) is 0 Å². The number of carbonyl (C=O) groups is 1. The van der Waals surface area contributed by atoms with Gasteiger partial charge in [-0.25, -0.2) is 14.8 Å². The van der Waals surface area contributed by atoms with Crippen molar-refractivity contribution in [2.45, 2.75) is 27.4 Å². The molecule has 0 atom stereocenters. The van der Waals surface area contributed by atoms with Crippen LogP contribution in [0.15, 0.2) is 24.4 Å². The molecule has 0 aliphatic rings. The maximum atomic E-state index is 10.9. The zero-order valence-electron chi connectivity index (χ0n) is 11.7. The second kappa shape index (κ2) is 5.69. The van der Waals surface area contributed by atoms with Crippen molar-refractivity contribution >= 4 is 5.97 Å². The molecule has 0 aliphatic heterocycles. The van der Waals surface area contributed by atoms with Crippen LogP contribution in [0.2, 0.25) is 0 Å². The van der Waals surface area contributed by atoms with Crippen LogP contribution in [0, 0.1) is 20.8 Å². The quantitative estimate of drug-likeness (QED) is 0.926. The highest BCUT2D eigenvalue weighted by Gasteiger charge is 2.10. The highest BCUT2D eigenvalue weighted by Crippen LogP contribution is 2.17. The largest absolute Gasteiger partial charge is 0.486 e. The number of rotatable bonds is 4. The van der Waals surface area contributed by atoms with Gasteiger partial charge in [-0.2, -0.15) is 0 Å². The molecule has 0 fully saturated rings. The van der Waals surface area contributed by atoms with Crippen molar-refractivity contribution in [1.82, 2.24) is 9.97 Å². The van der Waals surface area contributed by atoms with E-state index in [1.54, 1.807) is 6.92 Å². The summed E-state index contributed by atoms with van der Waals surface area (Å²) in [7, 11) is 0. The summed E-state index contributed by atoms with van der Waals surface area (Å²) in [5, 5.41) is 8.91. The second-order valence-corrected chi connectivity index (χ2v) is 4.63. The third-order valence-corrected chi connectivity index (χ3v) is 3.11. The molecule has 1 heterocycles. The van der Waals surface area contributed by atoms with E-state index in [4.69, 9.17) is 9.84 Å². The highest BCUT2D eigenvalue weighted by molar-refractivity contribution is 5.88. The second-order valence-electron chi connectivity index (χ2n) is 4.63. The first-order chi connectivity index (χ1) is 9.47. The molecule has 0 saturated heterocycles. The van der Waals surface area contributed by atoms with Crippen molar-refractivity contribution in [2.75, 3.05) is 0 Å². The molecule has 2 rings (SSSR count). The van der Waals surface area contributed by atoms with Gasteiger partial charge in [0.05, 0.1) is 11.3 Å². The molecule has 1 aromatic carbocycles. The molecule has 104 valence electrons. The number of carboxylic acid groups (broad SMARTS) is 1. The Morgan fingerprint density at radius 1 is 1.25 bits per heavy atom. The molecule has 5 heteroatoms.